The molecule has 0 aromatic heterocycles. The molecule has 1 rings (SSSR count). The molecule has 0 atom stereocenters. The molecule has 0 aliphatic rings. The van der Waals surface area contributed by atoms with Gasteiger partial charge < -0.3 is 0 Å². The maximum Gasteiger partial charge on any atom is 0.272 e. The zero-order valence-electron chi connectivity index (χ0n) is 6.91. The van der Waals surface area contributed by atoms with E-state index in [0.29, 0.717) is 12.0 Å². The molecule has 0 aliphatic carbocycles. The third-order valence-corrected chi connectivity index (χ3v) is 1.73. The van der Waals surface area contributed by atoms with Crippen LogP contribution in [-0.2, 0) is 6.42 Å². The van der Waals surface area contributed by atoms with E-state index in [9.17, 15) is 10.1 Å². The second-order valence-electron chi connectivity index (χ2n) is 2.57. The topological polar surface area (TPSA) is 43.1 Å². The lowest BCUT2D eigenvalue weighted by atomic mass is 10.1. The Morgan fingerprint density at radius 2 is 2.25 bits per heavy atom. The third kappa shape index (κ3) is 1.61. The molecule has 0 spiro atoms. The lowest BCUT2D eigenvalue weighted by Gasteiger charge is -1.99. The van der Waals surface area contributed by atoms with Gasteiger partial charge in [0, 0.05) is 11.6 Å². The largest absolute Gasteiger partial charge is 0.272 e. The molecule has 1 aromatic carbocycles. The summed E-state index contributed by atoms with van der Waals surface area (Å²) in [5.74, 6) is 0. The number of aryl methyl sites for hydroxylation is 1. The van der Waals surface area contributed by atoms with Crippen molar-refractivity contribution in [1.29, 1.82) is 0 Å². The van der Waals surface area contributed by atoms with Gasteiger partial charge in [-0.15, -0.1) is 0 Å². The summed E-state index contributed by atoms with van der Waals surface area (Å²) in [6.07, 6.45) is 0.677. The molecule has 1 aromatic rings. The number of benzene rings is 1. The van der Waals surface area contributed by atoms with Gasteiger partial charge >= 0.3 is 0 Å². The Kier molecular flexibility index (Phi) is 2.43. The molecule has 63 valence electrons. The minimum Gasteiger partial charge on any atom is -0.258 e. The van der Waals surface area contributed by atoms with Gasteiger partial charge in [0.25, 0.3) is 5.69 Å². The molecule has 0 heterocycles. The van der Waals surface area contributed by atoms with Gasteiger partial charge in [-0.3, -0.25) is 10.1 Å². The number of hydrogen-bond acceptors (Lipinski definition) is 2. The van der Waals surface area contributed by atoms with E-state index < -0.39 is 0 Å². The molecule has 0 unspecified atom stereocenters. The number of nitro benzene ring substituents is 1. The van der Waals surface area contributed by atoms with Crippen molar-refractivity contribution in [2.45, 2.75) is 13.3 Å². The minimum absolute atomic E-state index is 0.171. The molecular weight excluding hydrogens is 154 g/mol. The molecule has 0 saturated carbocycles. The van der Waals surface area contributed by atoms with E-state index >= 15 is 0 Å². The average molecular weight is 164 g/mol. The summed E-state index contributed by atoms with van der Waals surface area (Å²) in [5.41, 5.74) is 1.61. The fourth-order valence-electron chi connectivity index (χ4n) is 1.08. The Hall–Kier alpha value is -1.38. The Balaban J connectivity index is 3.21. The predicted octanol–water partition coefficient (Wildman–Crippen LogP) is 2.34. The van der Waals surface area contributed by atoms with Crippen molar-refractivity contribution < 1.29 is 4.92 Å². The molecule has 0 saturated heterocycles. The highest BCUT2D eigenvalue weighted by Crippen LogP contribution is 2.19. The Morgan fingerprint density at radius 3 is 2.75 bits per heavy atom. The molecule has 0 amide bonds. The normalized spacial score (nSPS) is 9.83. The second-order valence-corrected chi connectivity index (χ2v) is 2.57. The van der Waals surface area contributed by atoms with Gasteiger partial charge in [0.2, 0.25) is 0 Å². The first-order valence-electron chi connectivity index (χ1n) is 3.74. The van der Waals surface area contributed by atoms with Crippen molar-refractivity contribution in [2.24, 2.45) is 0 Å². The standard InChI is InChI=1S/C9H10NO2/c1-3-8-5-4-7(2)6-9(8)10(11)12/h4-6H,2-3H2,1H3. The predicted molar refractivity (Wildman–Crippen MR) is 46.9 cm³/mol. The highest BCUT2D eigenvalue weighted by atomic mass is 16.6. The zero-order valence-corrected chi connectivity index (χ0v) is 6.91. The number of nitrogens with zero attached hydrogens (tertiary/aromatic N) is 1. The van der Waals surface area contributed by atoms with E-state index in [1.165, 1.54) is 6.07 Å². The monoisotopic (exact) mass is 164 g/mol. The minimum atomic E-state index is -0.368. The van der Waals surface area contributed by atoms with Crippen molar-refractivity contribution in [2.75, 3.05) is 0 Å². The summed E-state index contributed by atoms with van der Waals surface area (Å²) < 4.78 is 0. The van der Waals surface area contributed by atoms with Crippen molar-refractivity contribution in [3.05, 3.63) is 46.4 Å². The van der Waals surface area contributed by atoms with Crippen LogP contribution >= 0.6 is 0 Å². The molecule has 0 fully saturated rings. The molecule has 12 heavy (non-hydrogen) atoms. The molecule has 3 heteroatoms. The second kappa shape index (κ2) is 3.34. The first-order chi connectivity index (χ1) is 5.65. The van der Waals surface area contributed by atoms with E-state index in [0.717, 1.165) is 5.56 Å². The van der Waals surface area contributed by atoms with Crippen LogP contribution in [0, 0.1) is 17.0 Å². The summed E-state index contributed by atoms with van der Waals surface area (Å²) in [6, 6.07) is 5.03. The van der Waals surface area contributed by atoms with Gasteiger partial charge in [0.15, 0.2) is 0 Å². The van der Waals surface area contributed by atoms with E-state index in [1.54, 1.807) is 12.1 Å². The fourth-order valence-corrected chi connectivity index (χ4v) is 1.08. The molecule has 0 N–H and O–H groups in total. The van der Waals surface area contributed by atoms with E-state index in [1.807, 2.05) is 6.92 Å². The van der Waals surface area contributed by atoms with Crippen LogP contribution < -0.4 is 0 Å². The molecular formula is C9H10NO2. The van der Waals surface area contributed by atoms with Crippen LogP contribution in [0.25, 0.3) is 0 Å². The maximum absolute atomic E-state index is 10.5. The highest BCUT2D eigenvalue weighted by Gasteiger charge is 2.10. The van der Waals surface area contributed by atoms with Gasteiger partial charge in [-0.25, -0.2) is 0 Å². The van der Waals surface area contributed by atoms with Gasteiger partial charge in [-0.1, -0.05) is 19.1 Å². The Morgan fingerprint density at radius 1 is 1.58 bits per heavy atom. The van der Waals surface area contributed by atoms with Crippen LogP contribution in [-0.4, -0.2) is 4.92 Å². The highest BCUT2D eigenvalue weighted by molar-refractivity contribution is 5.44. The van der Waals surface area contributed by atoms with Gasteiger partial charge in [-0.2, -0.15) is 0 Å². The first-order valence-corrected chi connectivity index (χ1v) is 3.74. The van der Waals surface area contributed by atoms with E-state index in [4.69, 9.17) is 0 Å². The third-order valence-electron chi connectivity index (χ3n) is 1.73. The van der Waals surface area contributed by atoms with Crippen LogP contribution in [0.3, 0.4) is 0 Å². The summed E-state index contributed by atoms with van der Waals surface area (Å²) in [4.78, 5) is 10.1. The summed E-state index contributed by atoms with van der Waals surface area (Å²) in [6.45, 7) is 5.53. The summed E-state index contributed by atoms with van der Waals surface area (Å²) >= 11 is 0. The van der Waals surface area contributed by atoms with Crippen molar-refractivity contribution >= 4 is 5.69 Å². The van der Waals surface area contributed by atoms with Gasteiger partial charge in [0.1, 0.15) is 0 Å². The van der Waals surface area contributed by atoms with Gasteiger partial charge in [-0.05, 0) is 18.9 Å². The molecule has 3 nitrogen and oxygen atoms in total. The smallest absolute Gasteiger partial charge is 0.258 e. The van der Waals surface area contributed by atoms with Crippen LogP contribution in [0.1, 0.15) is 18.1 Å². The van der Waals surface area contributed by atoms with E-state index in [-0.39, 0.29) is 10.6 Å². The van der Waals surface area contributed by atoms with Crippen molar-refractivity contribution in [3.63, 3.8) is 0 Å². The Bertz CT molecular complexity index is 307. The lowest BCUT2D eigenvalue weighted by Crippen LogP contribution is -1.94. The molecule has 0 aliphatic heterocycles. The van der Waals surface area contributed by atoms with Crippen molar-refractivity contribution in [3.8, 4) is 0 Å². The summed E-state index contributed by atoms with van der Waals surface area (Å²) in [7, 11) is 0. The van der Waals surface area contributed by atoms with Crippen LogP contribution in [0.4, 0.5) is 5.69 Å². The SMILES string of the molecule is [CH2]c1ccc(CC)c([N+](=O)[O-])c1. The number of nitro groups is 1. The zero-order chi connectivity index (χ0) is 9.14. The lowest BCUT2D eigenvalue weighted by molar-refractivity contribution is -0.385. The van der Waals surface area contributed by atoms with Crippen LogP contribution in [0.15, 0.2) is 18.2 Å². The molecule has 0 bridgehead atoms. The quantitative estimate of drug-likeness (QED) is 0.497. The van der Waals surface area contributed by atoms with Gasteiger partial charge in [0.05, 0.1) is 4.92 Å². The van der Waals surface area contributed by atoms with E-state index in [2.05, 4.69) is 6.92 Å². The summed E-state index contributed by atoms with van der Waals surface area (Å²) in [5, 5.41) is 10.5. The molecule has 1 radical (unpaired) electrons. The number of rotatable bonds is 2. The maximum atomic E-state index is 10.5. The number of hydrogen-bond donors (Lipinski definition) is 0. The van der Waals surface area contributed by atoms with Crippen LogP contribution in [0.5, 0.6) is 0 Å². The van der Waals surface area contributed by atoms with Crippen LogP contribution in [0.2, 0.25) is 0 Å². The first kappa shape index (κ1) is 8.71. The average Bonchev–Trinajstić information content (AvgIpc) is 2.04. The van der Waals surface area contributed by atoms with Crippen molar-refractivity contribution in [1.82, 2.24) is 0 Å². The fraction of sp³-hybridized carbons (Fsp3) is 0.222. The Labute approximate surface area is 71.2 Å².